The summed E-state index contributed by atoms with van der Waals surface area (Å²) in [5.41, 5.74) is 0.0314. The van der Waals surface area contributed by atoms with Gasteiger partial charge in [-0.2, -0.15) is 0 Å². The lowest BCUT2D eigenvalue weighted by atomic mass is 9.84. The highest BCUT2D eigenvalue weighted by Gasteiger charge is 2.27. The minimum atomic E-state index is -0.980. The van der Waals surface area contributed by atoms with Gasteiger partial charge < -0.3 is 10.2 Å². The lowest BCUT2D eigenvalue weighted by Gasteiger charge is -2.26. The number of aliphatic carboxylic acids is 1. The van der Waals surface area contributed by atoms with Crippen LogP contribution < -0.4 is 5.56 Å². The summed E-state index contributed by atoms with van der Waals surface area (Å²) >= 11 is 0. The van der Waals surface area contributed by atoms with E-state index in [0.717, 1.165) is 31.7 Å². The van der Waals surface area contributed by atoms with Crippen LogP contribution in [0.15, 0.2) is 16.9 Å². The van der Waals surface area contributed by atoms with E-state index in [0.29, 0.717) is 18.0 Å². The van der Waals surface area contributed by atoms with Crippen molar-refractivity contribution in [2.45, 2.75) is 51.5 Å². The third kappa shape index (κ3) is 3.21. The second kappa shape index (κ2) is 6.11. The fourth-order valence-corrected chi connectivity index (χ4v) is 3.15. The van der Waals surface area contributed by atoms with Crippen LogP contribution in [-0.4, -0.2) is 20.7 Å². The maximum atomic E-state index is 12.0. The number of aromatic hydroxyl groups is 1. The van der Waals surface area contributed by atoms with Crippen molar-refractivity contribution in [1.29, 1.82) is 0 Å². The summed E-state index contributed by atoms with van der Waals surface area (Å²) in [6.45, 7) is 1.65. The van der Waals surface area contributed by atoms with Crippen LogP contribution >= 0.6 is 0 Å². The van der Waals surface area contributed by atoms with E-state index in [2.05, 4.69) is 0 Å². The second-order valence-electron chi connectivity index (χ2n) is 5.66. The SMILES string of the molecule is Cc1cc(O)cc(=O)n1[C@@H](CC1CCCCC1)C(=O)O. The standard InChI is InChI=1S/C15H21NO4/c1-10-7-12(17)9-14(18)16(10)13(15(19)20)8-11-5-3-2-4-6-11/h7,9,11,13,17H,2-6,8H2,1H3,(H,19,20)/t13-/m0/s1. The van der Waals surface area contributed by atoms with E-state index in [1.165, 1.54) is 17.1 Å². The third-order valence-corrected chi connectivity index (χ3v) is 4.12. The van der Waals surface area contributed by atoms with E-state index >= 15 is 0 Å². The Bertz CT molecular complexity index is 543. The topological polar surface area (TPSA) is 79.5 Å². The molecule has 1 aromatic heterocycles. The van der Waals surface area contributed by atoms with Crippen molar-refractivity contribution < 1.29 is 15.0 Å². The van der Waals surface area contributed by atoms with Crippen molar-refractivity contribution in [3.63, 3.8) is 0 Å². The number of aryl methyl sites for hydroxylation is 1. The zero-order valence-electron chi connectivity index (χ0n) is 11.7. The number of pyridine rings is 1. The van der Waals surface area contributed by atoms with Crippen molar-refractivity contribution >= 4 is 5.97 Å². The first-order chi connectivity index (χ1) is 9.49. The Hall–Kier alpha value is -1.78. The monoisotopic (exact) mass is 279 g/mol. The van der Waals surface area contributed by atoms with Crippen molar-refractivity contribution in [2.75, 3.05) is 0 Å². The predicted octanol–water partition coefficient (Wildman–Crippen LogP) is 2.46. The van der Waals surface area contributed by atoms with Gasteiger partial charge in [0.05, 0.1) is 0 Å². The van der Waals surface area contributed by atoms with E-state index in [1.807, 2.05) is 0 Å². The van der Waals surface area contributed by atoms with Gasteiger partial charge in [-0.15, -0.1) is 0 Å². The number of carboxylic acid groups (broad SMARTS) is 1. The molecule has 2 rings (SSSR count). The van der Waals surface area contributed by atoms with Gasteiger partial charge in [0.2, 0.25) is 0 Å². The van der Waals surface area contributed by atoms with Crippen LogP contribution in [0.1, 0.15) is 50.3 Å². The summed E-state index contributed by atoms with van der Waals surface area (Å²) in [4.78, 5) is 23.5. The second-order valence-corrected chi connectivity index (χ2v) is 5.66. The molecule has 0 aliphatic heterocycles. The number of aromatic nitrogens is 1. The zero-order chi connectivity index (χ0) is 14.7. The first-order valence-corrected chi connectivity index (χ1v) is 7.14. The fraction of sp³-hybridized carbons (Fsp3) is 0.600. The molecule has 1 aliphatic rings. The Morgan fingerprint density at radius 2 is 2.00 bits per heavy atom. The van der Waals surface area contributed by atoms with E-state index in [-0.39, 0.29) is 5.75 Å². The Morgan fingerprint density at radius 3 is 2.55 bits per heavy atom. The van der Waals surface area contributed by atoms with Gasteiger partial charge in [0.25, 0.3) is 5.56 Å². The molecule has 0 aromatic carbocycles. The Labute approximate surface area is 117 Å². The van der Waals surface area contributed by atoms with Crippen LogP contribution in [0.25, 0.3) is 0 Å². The molecule has 20 heavy (non-hydrogen) atoms. The van der Waals surface area contributed by atoms with E-state index in [9.17, 15) is 19.8 Å². The normalized spacial score (nSPS) is 17.9. The molecule has 0 amide bonds. The number of carbonyl (C=O) groups is 1. The summed E-state index contributed by atoms with van der Waals surface area (Å²) in [5, 5.41) is 18.9. The number of hydrogen-bond acceptors (Lipinski definition) is 3. The third-order valence-electron chi connectivity index (χ3n) is 4.12. The van der Waals surface area contributed by atoms with Gasteiger partial charge in [-0.1, -0.05) is 32.1 Å². The maximum Gasteiger partial charge on any atom is 0.326 e. The van der Waals surface area contributed by atoms with Gasteiger partial charge in [-0.05, 0) is 25.3 Å². The molecule has 1 fully saturated rings. The van der Waals surface area contributed by atoms with Crippen molar-refractivity contribution in [3.8, 4) is 5.75 Å². The first kappa shape index (κ1) is 14.6. The molecule has 1 heterocycles. The number of nitrogens with zero attached hydrogens (tertiary/aromatic N) is 1. The molecule has 110 valence electrons. The van der Waals surface area contributed by atoms with Crippen molar-refractivity contribution in [3.05, 3.63) is 28.2 Å². The van der Waals surface area contributed by atoms with Gasteiger partial charge in [0.15, 0.2) is 0 Å². The van der Waals surface area contributed by atoms with Crippen molar-refractivity contribution in [2.24, 2.45) is 5.92 Å². The molecular weight excluding hydrogens is 258 g/mol. The van der Waals surface area contributed by atoms with Gasteiger partial charge in [-0.3, -0.25) is 9.36 Å². The highest BCUT2D eigenvalue weighted by molar-refractivity contribution is 5.72. The van der Waals surface area contributed by atoms with Gasteiger partial charge in [-0.25, -0.2) is 4.79 Å². The zero-order valence-corrected chi connectivity index (χ0v) is 11.7. The van der Waals surface area contributed by atoms with Crippen molar-refractivity contribution in [1.82, 2.24) is 4.57 Å². The molecule has 5 heteroatoms. The minimum absolute atomic E-state index is 0.120. The van der Waals surface area contributed by atoms with E-state index < -0.39 is 17.6 Å². The van der Waals surface area contributed by atoms with Crippen LogP contribution in [0.3, 0.4) is 0 Å². The Morgan fingerprint density at radius 1 is 1.35 bits per heavy atom. The first-order valence-electron chi connectivity index (χ1n) is 7.14. The quantitative estimate of drug-likeness (QED) is 0.887. The molecule has 0 spiro atoms. The van der Waals surface area contributed by atoms with Gasteiger partial charge in [0.1, 0.15) is 11.8 Å². The molecule has 0 bridgehead atoms. The van der Waals surface area contributed by atoms with Crippen LogP contribution in [0.5, 0.6) is 5.75 Å². The van der Waals surface area contributed by atoms with Crippen LogP contribution in [0.2, 0.25) is 0 Å². The summed E-state index contributed by atoms with van der Waals surface area (Å²) in [6.07, 6.45) is 6.06. The lowest BCUT2D eigenvalue weighted by molar-refractivity contribution is -0.141. The summed E-state index contributed by atoms with van der Waals surface area (Å²) in [7, 11) is 0. The minimum Gasteiger partial charge on any atom is -0.508 e. The average Bonchev–Trinajstić information content (AvgIpc) is 2.37. The smallest absolute Gasteiger partial charge is 0.326 e. The molecule has 2 N–H and O–H groups in total. The fourth-order valence-electron chi connectivity index (χ4n) is 3.15. The van der Waals surface area contributed by atoms with Gasteiger partial charge >= 0.3 is 5.97 Å². The molecule has 1 aromatic rings. The average molecular weight is 279 g/mol. The molecule has 5 nitrogen and oxygen atoms in total. The highest BCUT2D eigenvalue weighted by Crippen LogP contribution is 2.31. The molecule has 1 saturated carbocycles. The molecule has 1 atom stereocenters. The Kier molecular flexibility index (Phi) is 4.47. The number of carboxylic acids is 1. The summed E-state index contributed by atoms with van der Waals surface area (Å²) < 4.78 is 1.29. The number of hydrogen-bond donors (Lipinski definition) is 2. The molecule has 0 unspecified atom stereocenters. The lowest BCUT2D eigenvalue weighted by Crippen LogP contribution is -2.32. The number of rotatable bonds is 4. The molecule has 0 saturated heterocycles. The molecule has 0 radical (unpaired) electrons. The largest absolute Gasteiger partial charge is 0.508 e. The summed E-state index contributed by atoms with van der Waals surface area (Å²) in [6, 6.07) is 1.66. The molecule has 1 aliphatic carbocycles. The van der Waals surface area contributed by atoms with E-state index in [1.54, 1.807) is 6.92 Å². The van der Waals surface area contributed by atoms with Crippen LogP contribution in [-0.2, 0) is 4.79 Å². The van der Waals surface area contributed by atoms with Crippen LogP contribution in [0, 0.1) is 12.8 Å². The van der Waals surface area contributed by atoms with Crippen LogP contribution in [0.4, 0.5) is 0 Å². The Balaban J connectivity index is 2.29. The van der Waals surface area contributed by atoms with E-state index in [4.69, 9.17) is 0 Å². The van der Waals surface area contributed by atoms with Gasteiger partial charge in [0, 0.05) is 11.8 Å². The molecular formula is C15H21NO4. The predicted molar refractivity (Wildman–Crippen MR) is 75.0 cm³/mol. The highest BCUT2D eigenvalue weighted by atomic mass is 16.4. The summed E-state index contributed by atoms with van der Waals surface area (Å²) in [5.74, 6) is -0.734. The maximum absolute atomic E-state index is 12.0.